The first-order valence-corrected chi connectivity index (χ1v) is 8.36. The number of carbonyl (C=O) groups excluding carboxylic acids is 1. The van der Waals surface area contributed by atoms with E-state index in [1.54, 1.807) is 4.68 Å². The molecular formula is C16H26N4O2. The third-order valence-corrected chi connectivity index (χ3v) is 4.78. The van der Waals surface area contributed by atoms with E-state index in [0.29, 0.717) is 18.6 Å². The van der Waals surface area contributed by atoms with Gasteiger partial charge >= 0.3 is 6.03 Å². The number of amides is 2. The van der Waals surface area contributed by atoms with Crippen molar-refractivity contribution in [2.75, 3.05) is 13.2 Å². The molecule has 122 valence electrons. The van der Waals surface area contributed by atoms with Crippen molar-refractivity contribution in [2.24, 2.45) is 13.0 Å². The van der Waals surface area contributed by atoms with E-state index < -0.39 is 0 Å². The Morgan fingerprint density at radius 1 is 1.45 bits per heavy atom. The van der Waals surface area contributed by atoms with Gasteiger partial charge in [-0.2, -0.15) is 5.10 Å². The maximum absolute atomic E-state index is 12.0. The molecule has 0 aromatic carbocycles. The molecular weight excluding hydrogens is 280 g/mol. The summed E-state index contributed by atoms with van der Waals surface area (Å²) in [5, 5.41) is 10.3. The SMILES string of the molecule is Cn1cc(CCCNC(=O)NC2CCCC3OCCC23)cn1. The van der Waals surface area contributed by atoms with Gasteiger partial charge in [0.1, 0.15) is 0 Å². The molecule has 0 bridgehead atoms. The Morgan fingerprint density at radius 2 is 2.36 bits per heavy atom. The molecule has 0 spiro atoms. The molecule has 3 atom stereocenters. The topological polar surface area (TPSA) is 68.2 Å². The van der Waals surface area contributed by atoms with Crippen molar-refractivity contribution in [3.05, 3.63) is 18.0 Å². The second-order valence-electron chi connectivity index (χ2n) is 6.43. The fourth-order valence-corrected chi connectivity index (χ4v) is 3.67. The van der Waals surface area contributed by atoms with Crippen molar-refractivity contribution in [2.45, 2.75) is 50.7 Å². The number of hydrogen-bond donors (Lipinski definition) is 2. The molecule has 2 aliphatic rings. The highest BCUT2D eigenvalue weighted by Gasteiger charge is 2.38. The molecule has 6 heteroatoms. The van der Waals surface area contributed by atoms with Crippen LogP contribution in [0.1, 0.15) is 37.7 Å². The van der Waals surface area contributed by atoms with Crippen LogP contribution >= 0.6 is 0 Å². The first kappa shape index (κ1) is 15.3. The zero-order valence-electron chi connectivity index (χ0n) is 13.3. The minimum absolute atomic E-state index is 0.0382. The minimum Gasteiger partial charge on any atom is -0.378 e. The van der Waals surface area contributed by atoms with Crippen LogP contribution in [-0.4, -0.2) is 41.1 Å². The molecule has 0 radical (unpaired) electrons. The standard InChI is InChI=1S/C16H26N4O2/c1-20-11-12(10-18-20)4-3-8-17-16(21)19-14-5-2-6-15-13(14)7-9-22-15/h10-11,13-15H,2-9H2,1H3,(H2,17,19,21). The van der Waals surface area contributed by atoms with E-state index in [-0.39, 0.29) is 12.1 Å². The van der Waals surface area contributed by atoms with E-state index in [0.717, 1.165) is 45.1 Å². The maximum Gasteiger partial charge on any atom is 0.315 e. The number of fused-ring (bicyclic) bond motifs is 1. The van der Waals surface area contributed by atoms with Gasteiger partial charge in [-0.15, -0.1) is 0 Å². The summed E-state index contributed by atoms with van der Waals surface area (Å²) in [7, 11) is 1.92. The van der Waals surface area contributed by atoms with E-state index >= 15 is 0 Å². The average molecular weight is 306 g/mol. The molecule has 22 heavy (non-hydrogen) atoms. The first-order chi connectivity index (χ1) is 10.7. The number of aryl methyl sites for hydroxylation is 2. The van der Waals surface area contributed by atoms with Gasteiger partial charge in [0.2, 0.25) is 0 Å². The summed E-state index contributed by atoms with van der Waals surface area (Å²) in [6.07, 6.45) is 10.6. The Labute approximate surface area is 131 Å². The lowest BCUT2D eigenvalue weighted by atomic mass is 9.82. The maximum atomic E-state index is 12.0. The molecule has 1 aromatic rings. The van der Waals surface area contributed by atoms with E-state index in [2.05, 4.69) is 15.7 Å². The summed E-state index contributed by atoms with van der Waals surface area (Å²) < 4.78 is 7.54. The third-order valence-electron chi connectivity index (χ3n) is 4.78. The van der Waals surface area contributed by atoms with Crippen LogP contribution in [0.25, 0.3) is 0 Å². The average Bonchev–Trinajstić information content (AvgIpc) is 3.13. The minimum atomic E-state index is -0.0382. The van der Waals surface area contributed by atoms with Gasteiger partial charge in [0.25, 0.3) is 0 Å². The van der Waals surface area contributed by atoms with Gasteiger partial charge < -0.3 is 15.4 Å². The highest BCUT2D eigenvalue weighted by atomic mass is 16.5. The number of aromatic nitrogens is 2. The molecule has 6 nitrogen and oxygen atoms in total. The zero-order chi connectivity index (χ0) is 15.4. The summed E-state index contributed by atoms with van der Waals surface area (Å²) in [5.41, 5.74) is 1.21. The first-order valence-electron chi connectivity index (χ1n) is 8.36. The van der Waals surface area contributed by atoms with E-state index in [1.165, 1.54) is 5.56 Å². The van der Waals surface area contributed by atoms with Crippen LogP contribution in [-0.2, 0) is 18.2 Å². The van der Waals surface area contributed by atoms with E-state index in [4.69, 9.17) is 4.74 Å². The number of hydrogen-bond acceptors (Lipinski definition) is 3. The quantitative estimate of drug-likeness (QED) is 0.812. The van der Waals surface area contributed by atoms with Crippen LogP contribution in [0.4, 0.5) is 4.79 Å². The molecule has 1 aliphatic heterocycles. The number of carbonyl (C=O) groups is 1. The van der Waals surface area contributed by atoms with Crippen molar-refractivity contribution < 1.29 is 9.53 Å². The van der Waals surface area contributed by atoms with Crippen molar-refractivity contribution in [3.8, 4) is 0 Å². The van der Waals surface area contributed by atoms with Crippen LogP contribution in [0, 0.1) is 5.92 Å². The fraction of sp³-hybridized carbons (Fsp3) is 0.750. The van der Waals surface area contributed by atoms with Crippen molar-refractivity contribution >= 4 is 6.03 Å². The lowest BCUT2D eigenvalue weighted by Gasteiger charge is -2.33. The van der Waals surface area contributed by atoms with Gasteiger partial charge in [-0.1, -0.05) is 0 Å². The molecule has 3 unspecified atom stereocenters. The highest BCUT2D eigenvalue weighted by Crippen LogP contribution is 2.34. The van der Waals surface area contributed by atoms with Crippen molar-refractivity contribution in [1.82, 2.24) is 20.4 Å². The van der Waals surface area contributed by atoms with Gasteiger partial charge in [-0.3, -0.25) is 4.68 Å². The lowest BCUT2D eigenvalue weighted by Crippen LogP contribution is -2.49. The number of nitrogens with one attached hydrogen (secondary N) is 2. The molecule has 3 rings (SSSR count). The Kier molecular flexibility index (Phi) is 4.97. The van der Waals surface area contributed by atoms with Crippen LogP contribution in [0.5, 0.6) is 0 Å². The molecule has 1 aromatic heterocycles. The zero-order valence-corrected chi connectivity index (χ0v) is 13.3. The fourth-order valence-electron chi connectivity index (χ4n) is 3.67. The molecule has 2 fully saturated rings. The number of rotatable bonds is 5. The van der Waals surface area contributed by atoms with Gasteiger partial charge in [0.05, 0.1) is 12.3 Å². The Morgan fingerprint density at radius 3 is 3.18 bits per heavy atom. The third kappa shape index (κ3) is 3.80. The Balaban J connectivity index is 1.35. The van der Waals surface area contributed by atoms with Gasteiger partial charge in [0.15, 0.2) is 0 Å². The summed E-state index contributed by atoms with van der Waals surface area (Å²) >= 11 is 0. The summed E-state index contributed by atoms with van der Waals surface area (Å²) in [6, 6.07) is 0.239. The molecule has 1 saturated carbocycles. The van der Waals surface area contributed by atoms with Crippen molar-refractivity contribution in [1.29, 1.82) is 0 Å². The predicted molar refractivity (Wildman–Crippen MR) is 83.5 cm³/mol. The molecule has 2 N–H and O–H groups in total. The van der Waals surface area contributed by atoms with Gasteiger partial charge in [0, 0.05) is 38.4 Å². The Hall–Kier alpha value is -1.56. The summed E-state index contributed by atoms with van der Waals surface area (Å²) in [4.78, 5) is 12.0. The van der Waals surface area contributed by atoms with E-state index in [9.17, 15) is 4.79 Å². The van der Waals surface area contributed by atoms with Crippen LogP contribution in [0.3, 0.4) is 0 Å². The van der Waals surface area contributed by atoms with Gasteiger partial charge in [-0.05, 0) is 44.1 Å². The van der Waals surface area contributed by atoms with Crippen LogP contribution < -0.4 is 10.6 Å². The monoisotopic (exact) mass is 306 g/mol. The molecule has 2 amide bonds. The van der Waals surface area contributed by atoms with E-state index in [1.807, 2.05) is 19.4 Å². The van der Waals surface area contributed by atoms with Crippen molar-refractivity contribution in [3.63, 3.8) is 0 Å². The number of ether oxygens (including phenoxy) is 1. The smallest absolute Gasteiger partial charge is 0.315 e. The second kappa shape index (κ2) is 7.13. The van der Waals surface area contributed by atoms with Gasteiger partial charge in [-0.25, -0.2) is 4.79 Å². The second-order valence-corrected chi connectivity index (χ2v) is 6.43. The lowest BCUT2D eigenvalue weighted by molar-refractivity contribution is 0.0549. The molecule has 1 aliphatic carbocycles. The van der Waals surface area contributed by atoms with Crippen LogP contribution in [0.2, 0.25) is 0 Å². The van der Waals surface area contributed by atoms with Crippen LogP contribution in [0.15, 0.2) is 12.4 Å². The molecule has 2 heterocycles. The number of nitrogens with zero attached hydrogens (tertiary/aromatic N) is 2. The Bertz CT molecular complexity index is 502. The highest BCUT2D eigenvalue weighted by molar-refractivity contribution is 5.74. The number of urea groups is 1. The summed E-state index contributed by atoms with van der Waals surface area (Å²) in [6.45, 7) is 1.54. The normalized spacial score (nSPS) is 27.4. The summed E-state index contributed by atoms with van der Waals surface area (Å²) in [5.74, 6) is 0.509. The largest absolute Gasteiger partial charge is 0.378 e. The molecule has 1 saturated heterocycles. The predicted octanol–water partition coefficient (Wildman–Crippen LogP) is 1.61.